The Kier molecular flexibility index (Phi) is 4.68. The number of pyridine rings is 1. The van der Waals surface area contributed by atoms with E-state index in [9.17, 15) is 4.79 Å². The third-order valence-electron chi connectivity index (χ3n) is 6.81. The van der Waals surface area contributed by atoms with Gasteiger partial charge >= 0.3 is 0 Å². The van der Waals surface area contributed by atoms with Crippen LogP contribution in [0.4, 0.5) is 11.5 Å². The normalized spacial score (nSPS) is 15.5. The lowest BCUT2D eigenvalue weighted by molar-refractivity contribution is 0.0958. The first-order chi connectivity index (χ1) is 16.1. The summed E-state index contributed by atoms with van der Waals surface area (Å²) in [4.78, 5) is 19.6. The van der Waals surface area contributed by atoms with Gasteiger partial charge in [0.1, 0.15) is 11.5 Å². The Labute approximate surface area is 193 Å². The molecule has 1 amide bonds. The van der Waals surface area contributed by atoms with Gasteiger partial charge in [-0.1, -0.05) is 24.3 Å². The largest absolute Gasteiger partial charge is 0.354 e. The third-order valence-corrected chi connectivity index (χ3v) is 6.81. The Hall–Kier alpha value is -3.67. The summed E-state index contributed by atoms with van der Waals surface area (Å²) in [6.45, 7) is 3.04. The van der Waals surface area contributed by atoms with Crippen LogP contribution >= 0.6 is 0 Å². The number of carbonyl (C=O) groups excluding carboxylic acids is 1. The number of nitrogens with one attached hydrogen (secondary N) is 1. The molecule has 0 bridgehead atoms. The van der Waals surface area contributed by atoms with Gasteiger partial charge in [-0.25, -0.2) is 4.98 Å². The maximum absolute atomic E-state index is 12.4. The minimum absolute atomic E-state index is 0.168. The van der Waals surface area contributed by atoms with E-state index in [1.165, 1.54) is 40.8 Å². The van der Waals surface area contributed by atoms with Crippen LogP contribution in [0.3, 0.4) is 0 Å². The van der Waals surface area contributed by atoms with E-state index in [0.29, 0.717) is 11.7 Å². The quantitative estimate of drug-likeness (QED) is 0.478. The number of aromatic nitrogens is 3. The van der Waals surface area contributed by atoms with Crippen LogP contribution in [-0.2, 0) is 6.42 Å². The van der Waals surface area contributed by atoms with E-state index in [0.717, 1.165) is 36.0 Å². The van der Waals surface area contributed by atoms with Gasteiger partial charge in [-0.3, -0.25) is 9.48 Å². The monoisotopic (exact) mass is 437 g/mol. The standard InChI is InChI=1S/C27H27N5O/c1-17-12-25-19(13-23(17)20-15-29-32(16-20)21-9-10-21)7-5-11-31(25)26-22-8-4-3-6-18(22)14-24(30-26)27(33)28-2/h3-4,6,8,12-16,21H,5,7,9-11H2,1-2H3,(H,28,33). The van der Waals surface area contributed by atoms with E-state index < -0.39 is 0 Å². The highest BCUT2D eigenvalue weighted by molar-refractivity contribution is 6.01. The van der Waals surface area contributed by atoms with Gasteiger partial charge in [-0.2, -0.15) is 5.10 Å². The van der Waals surface area contributed by atoms with Crippen LogP contribution in [0.1, 0.15) is 46.9 Å². The molecule has 166 valence electrons. The molecule has 0 saturated heterocycles. The summed E-state index contributed by atoms with van der Waals surface area (Å²) in [6, 6.07) is 15.2. The first-order valence-electron chi connectivity index (χ1n) is 11.7. The van der Waals surface area contributed by atoms with E-state index in [2.05, 4.69) is 51.3 Å². The van der Waals surface area contributed by atoms with Crippen molar-refractivity contribution in [2.75, 3.05) is 18.5 Å². The molecule has 6 rings (SSSR count). The van der Waals surface area contributed by atoms with Crippen molar-refractivity contribution in [3.05, 3.63) is 71.7 Å². The first kappa shape index (κ1) is 20.0. The van der Waals surface area contributed by atoms with Crippen LogP contribution in [0.15, 0.2) is 54.9 Å². The zero-order valence-electron chi connectivity index (χ0n) is 19.0. The topological polar surface area (TPSA) is 63.1 Å². The predicted octanol–water partition coefficient (Wildman–Crippen LogP) is 5.19. The second-order valence-corrected chi connectivity index (χ2v) is 9.12. The Morgan fingerprint density at radius 3 is 2.82 bits per heavy atom. The van der Waals surface area contributed by atoms with Crippen molar-refractivity contribution in [1.29, 1.82) is 0 Å². The molecule has 33 heavy (non-hydrogen) atoms. The molecule has 3 heterocycles. The Bertz CT molecular complexity index is 1380. The molecule has 0 unspecified atom stereocenters. The first-order valence-corrected chi connectivity index (χ1v) is 11.7. The van der Waals surface area contributed by atoms with Gasteiger partial charge in [0.2, 0.25) is 0 Å². The van der Waals surface area contributed by atoms with Crippen LogP contribution in [0.5, 0.6) is 0 Å². The molecule has 4 aromatic rings. The number of amides is 1. The number of benzene rings is 2. The van der Waals surface area contributed by atoms with Crippen LogP contribution in [0.25, 0.3) is 21.9 Å². The molecule has 2 aromatic heterocycles. The Morgan fingerprint density at radius 1 is 1.15 bits per heavy atom. The highest BCUT2D eigenvalue weighted by atomic mass is 16.1. The van der Waals surface area contributed by atoms with Crippen LogP contribution < -0.4 is 10.2 Å². The highest BCUT2D eigenvalue weighted by Gasteiger charge is 2.26. The molecule has 1 N–H and O–H groups in total. The van der Waals surface area contributed by atoms with Crippen molar-refractivity contribution in [3.63, 3.8) is 0 Å². The van der Waals surface area contributed by atoms with Gasteiger partial charge in [-0.15, -0.1) is 0 Å². The molecule has 6 nitrogen and oxygen atoms in total. The molecular weight excluding hydrogens is 410 g/mol. The van der Waals surface area contributed by atoms with Gasteiger partial charge in [0, 0.05) is 36.4 Å². The number of fused-ring (bicyclic) bond motifs is 2. The number of rotatable bonds is 4. The van der Waals surface area contributed by atoms with Crippen LogP contribution in [0, 0.1) is 6.92 Å². The highest BCUT2D eigenvalue weighted by Crippen LogP contribution is 2.41. The smallest absolute Gasteiger partial charge is 0.269 e. The Balaban J connectivity index is 1.47. The SMILES string of the molecule is CNC(=O)c1cc2ccccc2c(N2CCCc3cc(-c4cnn(C5CC5)c4)c(C)cc32)n1. The summed E-state index contributed by atoms with van der Waals surface area (Å²) >= 11 is 0. The van der Waals surface area contributed by atoms with Gasteiger partial charge < -0.3 is 10.2 Å². The van der Waals surface area contributed by atoms with Gasteiger partial charge in [0.25, 0.3) is 5.91 Å². The number of carbonyl (C=O) groups is 1. The summed E-state index contributed by atoms with van der Waals surface area (Å²) in [5, 5.41) is 9.40. The second kappa shape index (κ2) is 7.73. The van der Waals surface area contributed by atoms with Crippen molar-refractivity contribution in [2.24, 2.45) is 0 Å². The fraction of sp³-hybridized carbons (Fsp3) is 0.296. The lowest BCUT2D eigenvalue weighted by Gasteiger charge is -2.32. The predicted molar refractivity (Wildman–Crippen MR) is 131 cm³/mol. The average Bonchev–Trinajstić information content (AvgIpc) is 3.59. The summed E-state index contributed by atoms with van der Waals surface area (Å²) in [6.07, 6.45) is 8.72. The molecule has 1 aliphatic heterocycles. The number of anilines is 2. The molecule has 1 saturated carbocycles. The number of aryl methyl sites for hydroxylation is 2. The number of hydrogen-bond acceptors (Lipinski definition) is 4. The lowest BCUT2D eigenvalue weighted by atomic mass is 9.93. The zero-order chi connectivity index (χ0) is 22.5. The summed E-state index contributed by atoms with van der Waals surface area (Å²) in [5.41, 5.74) is 6.60. The second-order valence-electron chi connectivity index (χ2n) is 9.12. The zero-order valence-corrected chi connectivity index (χ0v) is 19.0. The van der Waals surface area contributed by atoms with Gasteiger partial charge in [0.15, 0.2) is 0 Å². The molecular formula is C27H27N5O. The van der Waals surface area contributed by atoms with E-state index in [-0.39, 0.29) is 5.91 Å². The fourth-order valence-corrected chi connectivity index (χ4v) is 4.91. The van der Waals surface area contributed by atoms with E-state index in [1.54, 1.807) is 7.05 Å². The van der Waals surface area contributed by atoms with Crippen molar-refractivity contribution >= 4 is 28.2 Å². The van der Waals surface area contributed by atoms with Crippen molar-refractivity contribution in [3.8, 4) is 11.1 Å². The van der Waals surface area contributed by atoms with Crippen LogP contribution in [0.2, 0.25) is 0 Å². The summed E-state index contributed by atoms with van der Waals surface area (Å²) < 4.78 is 2.11. The van der Waals surface area contributed by atoms with E-state index in [4.69, 9.17) is 4.98 Å². The molecule has 0 spiro atoms. The van der Waals surface area contributed by atoms with Crippen molar-refractivity contribution in [2.45, 2.75) is 38.6 Å². The maximum Gasteiger partial charge on any atom is 0.269 e. The Morgan fingerprint density at radius 2 is 2.00 bits per heavy atom. The molecule has 1 aliphatic carbocycles. The van der Waals surface area contributed by atoms with E-state index in [1.807, 2.05) is 30.5 Å². The lowest BCUT2D eigenvalue weighted by Crippen LogP contribution is -2.27. The minimum atomic E-state index is -0.168. The fourth-order valence-electron chi connectivity index (χ4n) is 4.91. The molecule has 0 atom stereocenters. The minimum Gasteiger partial charge on any atom is -0.354 e. The van der Waals surface area contributed by atoms with Crippen molar-refractivity contribution < 1.29 is 4.79 Å². The van der Waals surface area contributed by atoms with Crippen molar-refractivity contribution in [1.82, 2.24) is 20.1 Å². The molecule has 6 heteroatoms. The average molecular weight is 438 g/mol. The molecule has 0 radical (unpaired) electrons. The van der Waals surface area contributed by atoms with Crippen LogP contribution in [-0.4, -0.2) is 34.3 Å². The maximum atomic E-state index is 12.4. The molecule has 2 aromatic carbocycles. The van der Waals surface area contributed by atoms with Gasteiger partial charge in [-0.05, 0) is 72.9 Å². The van der Waals surface area contributed by atoms with Gasteiger partial charge in [0.05, 0.1) is 12.2 Å². The number of hydrogen-bond donors (Lipinski definition) is 1. The summed E-state index contributed by atoms with van der Waals surface area (Å²) in [7, 11) is 1.64. The number of nitrogens with zero attached hydrogens (tertiary/aromatic N) is 4. The molecule has 2 aliphatic rings. The summed E-state index contributed by atoms with van der Waals surface area (Å²) in [5.74, 6) is 0.680. The molecule has 1 fully saturated rings. The van der Waals surface area contributed by atoms with E-state index >= 15 is 0 Å². The third kappa shape index (κ3) is 3.46.